The number of nitrogens with zero attached hydrogens (tertiary/aromatic N) is 2. The molecular weight excluding hydrogens is 156 g/mol. The Morgan fingerprint density at radius 2 is 2.09 bits per heavy atom. The van der Waals surface area contributed by atoms with Crippen molar-refractivity contribution < 1.29 is 0 Å². The van der Waals surface area contributed by atoms with Gasteiger partial charge in [-0.05, 0) is 25.3 Å². The van der Waals surface area contributed by atoms with Crippen molar-refractivity contribution in [2.75, 3.05) is 0 Å². The van der Waals surface area contributed by atoms with Gasteiger partial charge in [-0.25, -0.2) is 9.97 Å². The van der Waals surface area contributed by atoms with Gasteiger partial charge in [-0.15, -0.1) is 11.3 Å². The summed E-state index contributed by atoms with van der Waals surface area (Å²) in [7, 11) is 0. The number of rotatable bonds is 0. The van der Waals surface area contributed by atoms with Crippen LogP contribution in [0.15, 0.2) is 11.4 Å². The lowest BCUT2D eigenvalue weighted by Gasteiger charge is -1.95. The lowest BCUT2D eigenvalue weighted by Crippen LogP contribution is -1.89. The molecule has 0 N–H and O–H groups in total. The molecule has 0 aliphatic rings. The van der Waals surface area contributed by atoms with Crippen molar-refractivity contribution in [2.45, 2.75) is 13.8 Å². The van der Waals surface area contributed by atoms with E-state index >= 15 is 0 Å². The zero-order valence-corrected chi connectivity index (χ0v) is 7.27. The van der Waals surface area contributed by atoms with E-state index in [1.807, 2.05) is 25.3 Å². The molecule has 0 unspecified atom stereocenters. The average Bonchev–Trinajstić information content (AvgIpc) is 2.34. The lowest BCUT2D eigenvalue weighted by atomic mass is 10.4. The molecule has 0 saturated heterocycles. The molecule has 56 valence electrons. The van der Waals surface area contributed by atoms with Gasteiger partial charge in [0, 0.05) is 0 Å². The van der Waals surface area contributed by atoms with Crippen molar-refractivity contribution in [1.82, 2.24) is 9.97 Å². The van der Waals surface area contributed by atoms with Gasteiger partial charge in [0.2, 0.25) is 0 Å². The first-order valence-corrected chi connectivity index (χ1v) is 4.34. The summed E-state index contributed by atoms with van der Waals surface area (Å²) in [5, 5.41) is 2.05. The minimum atomic E-state index is 0.855. The third-order valence-electron chi connectivity index (χ3n) is 1.58. The van der Waals surface area contributed by atoms with Gasteiger partial charge >= 0.3 is 0 Å². The Bertz CT molecular complexity index is 392. The van der Waals surface area contributed by atoms with E-state index in [-0.39, 0.29) is 0 Å². The van der Waals surface area contributed by atoms with Gasteiger partial charge in [0.25, 0.3) is 0 Å². The molecule has 2 rings (SSSR count). The Balaban J connectivity index is 2.91. The van der Waals surface area contributed by atoms with E-state index in [9.17, 15) is 0 Å². The molecule has 0 fully saturated rings. The molecule has 0 spiro atoms. The van der Waals surface area contributed by atoms with E-state index in [4.69, 9.17) is 0 Å². The fourth-order valence-electron chi connectivity index (χ4n) is 1.15. The van der Waals surface area contributed by atoms with Crippen molar-refractivity contribution in [2.24, 2.45) is 0 Å². The highest BCUT2D eigenvalue weighted by Gasteiger charge is 2.01. The molecule has 2 heterocycles. The summed E-state index contributed by atoms with van der Waals surface area (Å²) in [5.74, 6) is 0.855. The van der Waals surface area contributed by atoms with Gasteiger partial charge < -0.3 is 0 Å². The average molecular weight is 164 g/mol. The molecule has 2 aromatic rings. The predicted molar refractivity (Wildman–Crippen MR) is 46.9 cm³/mol. The van der Waals surface area contributed by atoms with Gasteiger partial charge in [-0.1, -0.05) is 0 Å². The summed E-state index contributed by atoms with van der Waals surface area (Å²) in [6, 6.07) is 2.03. The molecule has 0 atom stereocenters. The van der Waals surface area contributed by atoms with Crippen LogP contribution in [0.5, 0.6) is 0 Å². The lowest BCUT2D eigenvalue weighted by molar-refractivity contribution is 1.05. The minimum Gasteiger partial charge on any atom is -0.237 e. The maximum absolute atomic E-state index is 4.30. The minimum absolute atomic E-state index is 0.855. The SMILES string of the molecule is Cc1nc(C)c2sccc2n1. The largest absolute Gasteiger partial charge is 0.237 e. The zero-order valence-electron chi connectivity index (χ0n) is 6.46. The number of aromatic nitrogens is 2. The molecule has 0 radical (unpaired) electrons. The summed E-state index contributed by atoms with van der Waals surface area (Å²) >= 11 is 1.70. The molecule has 0 saturated carbocycles. The zero-order chi connectivity index (χ0) is 7.84. The second-order valence-electron chi connectivity index (χ2n) is 2.49. The van der Waals surface area contributed by atoms with Crippen molar-refractivity contribution in [3.05, 3.63) is 23.0 Å². The Morgan fingerprint density at radius 3 is 2.91 bits per heavy atom. The standard InChI is InChI=1S/C8H8N2S/c1-5-8-7(3-4-11-8)10-6(2)9-5/h3-4H,1-2H3. The van der Waals surface area contributed by atoms with Crippen molar-refractivity contribution in [1.29, 1.82) is 0 Å². The number of fused-ring (bicyclic) bond motifs is 1. The topological polar surface area (TPSA) is 25.8 Å². The van der Waals surface area contributed by atoms with Crippen LogP contribution < -0.4 is 0 Å². The summed E-state index contributed by atoms with van der Waals surface area (Å²) < 4.78 is 1.20. The van der Waals surface area contributed by atoms with Gasteiger partial charge in [0.1, 0.15) is 5.82 Å². The number of thiophene rings is 1. The van der Waals surface area contributed by atoms with Crippen LogP contribution in [0.1, 0.15) is 11.5 Å². The van der Waals surface area contributed by atoms with Crippen LogP contribution in [0.4, 0.5) is 0 Å². The van der Waals surface area contributed by atoms with Gasteiger partial charge in [0.05, 0.1) is 15.9 Å². The van der Waals surface area contributed by atoms with Gasteiger partial charge in [0.15, 0.2) is 0 Å². The van der Waals surface area contributed by atoms with E-state index in [1.54, 1.807) is 11.3 Å². The maximum atomic E-state index is 4.30. The fraction of sp³-hybridized carbons (Fsp3) is 0.250. The Labute approximate surface area is 68.9 Å². The Hall–Kier alpha value is -0.960. The molecule has 2 nitrogen and oxygen atoms in total. The van der Waals surface area contributed by atoms with Crippen molar-refractivity contribution in [3.63, 3.8) is 0 Å². The predicted octanol–water partition coefficient (Wildman–Crippen LogP) is 2.31. The van der Waals surface area contributed by atoms with Crippen LogP contribution in [0, 0.1) is 13.8 Å². The van der Waals surface area contributed by atoms with Crippen LogP contribution in [-0.4, -0.2) is 9.97 Å². The molecular formula is C8H8N2S. The highest BCUT2D eigenvalue weighted by atomic mass is 32.1. The van der Waals surface area contributed by atoms with Crippen LogP contribution in [-0.2, 0) is 0 Å². The second-order valence-corrected chi connectivity index (χ2v) is 3.41. The smallest absolute Gasteiger partial charge is 0.126 e. The first kappa shape index (κ1) is 6.73. The summed E-state index contributed by atoms with van der Waals surface area (Å²) in [4.78, 5) is 8.57. The second kappa shape index (κ2) is 2.27. The number of hydrogen-bond donors (Lipinski definition) is 0. The van der Waals surface area contributed by atoms with Crippen molar-refractivity contribution >= 4 is 21.6 Å². The van der Waals surface area contributed by atoms with E-state index in [0.29, 0.717) is 0 Å². The van der Waals surface area contributed by atoms with Gasteiger partial charge in [-0.3, -0.25) is 0 Å². The molecule has 0 aliphatic carbocycles. The molecule has 0 aliphatic heterocycles. The van der Waals surface area contributed by atoms with E-state index in [1.165, 1.54) is 4.70 Å². The number of hydrogen-bond acceptors (Lipinski definition) is 3. The monoisotopic (exact) mass is 164 g/mol. The highest BCUT2D eigenvalue weighted by molar-refractivity contribution is 7.17. The molecule has 0 bridgehead atoms. The van der Waals surface area contributed by atoms with Crippen LogP contribution in [0.3, 0.4) is 0 Å². The Morgan fingerprint density at radius 1 is 1.27 bits per heavy atom. The fourth-order valence-corrected chi connectivity index (χ4v) is 1.94. The quantitative estimate of drug-likeness (QED) is 0.597. The van der Waals surface area contributed by atoms with E-state index in [0.717, 1.165) is 17.0 Å². The maximum Gasteiger partial charge on any atom is 0.126 e. The summed E-state index contributed by atoms with van der Waals surface area (Å²) in [5.41, 5.74) is 2.16. The number of aryl methyl sites for hydroxylation is 2. The normalized spacial score (nSPS) is 10.7. The van der Waals surface area contributed by atoms with E-state index in [2.05, 4.69) is 9.97 Å². The van der Waals surface area contributed by atoms with Crippen molar-refractivity contribution in [3.8, 4) is 0 Å². The van der Waals surface area contributed by atoms with Gasteiger partial charge in [-0.2, -0.15) is 0 Å². The Kier molecular flexibility index (Phi) is 1.39. The molecule has 3 heteroatoms. The van der Waals surface area contributed by atoms with Crippen LogP contribution >= 0.6 is 11.3 Å². The highest BCUT2D eigenvalue weighted by Crippen LogP contribution is 2.20. The summed E-state index contributed by atoms with van der Waals surface area (Å²) in [6.07, 6.45) is 0. The molecule has 0 aromatic carbocycles. The molecule has 2 aromatic heterocycles. The molecule has 0 amide bonds. The van der Waals surface area contributed by atoms with Crippen LogP contribution in [0.25, 0.3) is 10.2 Å². The first-order valence-electron chi connectivity index (χ1n) is 3.46. The first-order chi connectivity index (χ1) is 5.27. The molecule has 11 heavy (non-hydrogen) atoms. The third kappa shape index (κ3) is 1.01. The summed E-state index contributed by atoms with van der Waals surface area (Å²) in [6.45, 7) is 3.94. The van der Waals surface area contributed by atoms with E-state index < -0.39 is 0 Å². The third-order valence-corrected chi connectivity index (χ3v) is 2.60. The van der Waals surface area contributed by atoms with Crippen LogP contribution in [0.2, 0.25) is 0 Å².